The summed E-state index contributed by atoms with van der Waals surface area (Å²) in [4.78, 5) is 13.3. The number of aromatic nitrogens is 1. The van der Waals surface area contributed by atoms with Crippen molar-refractivity contribution in [1.29, 1.82) is 0 Å². The maximum atomic E-state index is 10.8. The number of fused-ring (bicyclic) bond motifs is 1. The Kier molecular flexibility index (Phi) is 1.48. The minimum Gasteiger partial charge on any atom is -0.408 e. The van der Waals surface area contributed by atoms with Crippen LogP contribution in [-0.2, 0) is 0 Å². The molecule has 0 amide bonds. The van der Waals surface area contributed by atoms with Crippen LogP contribution in [0.15, 0.2) is 21.3 Å². The maximum Gasteiger partial charge on any atom is 0.417 e. The number of halogens is 1. The predicted molar refractivity (Wildman–Crippen MR) is 46.6 cm³/mol. The molecule has 0 spiro atoms. The van der Waals surface area contributed by atoms with Crippen LogP contribution in [0.1, 0.15) is 5.56 Å². The first-order valence-corrected chi connectivity index (χ1v) is 3.84. The molecule has 1 aromatic heterocycles. The van der Waals surface area contributed by atoms with Crippen molar-refractivity contribution in [2.75, 3.05) is 0 Å². The smallest absolute Gasteiger partial charge is 0.408 e. The Labute approximate surface area is 73.0 Å². The summed E-state index contributed by atoms with van der Waals surface area (Å²) < 4.78 is 4.88. The third-order valence-electron chi connectivity index (χ3n) is 1.73. The molecule has 3 nitrogen and oxygen atoms in total. The number of rotatable bonds is 0. The highest BCUT2D eigenvalue weighted by atomic mass is 35.5. The average Bonchev–Trinajstić information content (AvgIpc) is 2.41. The van der Waals surface area contributed by atoms with Gasteiger partial charge in [-0.3, -0.25) is 4.98 Å². The standard InChI is InChI=1S/C8H6ClNO2/c1-4-2-3-5(9)6-7(4)12-8(11)10-6/h2-3H,1H3,(H,10,11). The normalized spacial score (nSPS) is 10.8. The molecule has 0 aliphatic rings. The van der Waals surface area contributed by atoms with E-state index < -0.39 is 5.76 Å². The highest BCUT2D eigenvalue weighted by Gasteiger charge is 2.06. The van der Waals surface area contributed by atoms with Gasteiger partial charge < -0.3 is 4.42 Å². The van der Waals surface area contributed by atoms with Crippen LogP contribution in [-0.4, -0.2) is 4.98 Å². The van der Waals surface area contributed by atoms with Crippen molar-refractivity contribution in [3.8, 4) is 0 Å². The van der Waals surface area contributed by atoms with E-state index in [1.165, 1.54) is 0 Å². The summed E-state index contributed by atoms with van der Waals surface area (Å²) in [5.74, 6) is -0.471. The van der Waals surface area contributed by atoms with Crippen molar-refractivity contribution >= 4 is 22.7 Å². The van der Waals surface area contributed by atoms with E-state index >= 15 is 0 Å². The van der Waals surface area contributed by atoms with Crippen LogP contribution in [0, 0.1) is 6.92 Å². The minimum absolute atomic E-state index is 0.471. The van der Waals surface area contributed by atoms with E-state index in [2.05, 4.69) is 4.98 Å². The number of aromatic amines is 1. The maximum absolute atomic E-state index is 10.8. The molecule has 1 N–H and O–H groups in total. The van der Waals surface area contributed by atoms with E-state index in [0.29, 0.717) is 16.1 Å². The van der Waals surface area contributed by atoms with Gasteiger partial charge >= 0.3 is 5.76 Å². The van der Waals surface area contributed by atoms with Gasteiger partial charge in [0.05, 0.1) is 5.02 Å². The zero-order valence-corrected chi connectivity index (χ0v) is 7.11. The molecule has 2 rings (SSSR count). The Hall–Kier alpha value is -1.22. The Morgan fingerprint density at radius 3 is 2.92 bits per heavy atom. The molecule has 0 unspecified atom stereocenters. The van der Waals surface area contributed by atoms with Crippen LogP contribution < -0.4 is 5.76 Å². The van der Waals surface area contributed by atoms with Crippen LogP contribution in [0.4, 0.5) is 0 Å². The van der Waals surface area contributed by atoms with Gasteiger partial charge in [0.2, 0.25) is 0 Å². The molecule has 0 atom stereocenters. The third kappa shape index (κ3) is 0.940. The molecular weight excluding hydrogens is 178 g/mol. The van der Waals surface area contributed by atoms with E-state index in [9.17, 15) is 4.79 Å². The number of aryl methyl sites for hydroxylation is 1. The number of hydrogen-bond donors (Lipinski definition) is 1. The summed E-state index contributed by atoms with van der Waals surface area (Å²) in [7, 11) is 0. The van der Waals surface area contributed by atoms with Gasteiger partial charge in [-0.05, 0) is 18.6 Å². The van der Waals surface area contributed by atoms with Crippen molar-refractivity contribution < 1.29 is 4.42 Å². The van der Waals surface area contributed by atoms with Gasteiger partial charge in [0.1, 0.15) is 5.52 Å². The van der Waals surface area contributed by atoms with Crippen LogP contribution >= 0.6 is 11.6 Å². The molecule has 0 fully saturated rings. The molecule has 1 heterocycles. The lowest BCUT2D eigenvalue weighted by Crippen LogP contribution is -1.93. The molecule has 0 bridgehead atoms. The fourth-order valence-electron chi connectivity index (χ4n) is 1.13. The van der Waals surface area contributed by atoms with Crippen molar-refractivity contribution in [3.05, 3.63) is 33.3 Å². The summed E-state index contributed by atoms with van der Waals surface area (Å²) in [5.41, 5.74) is 2.00. The molecule has 0 radical (unpaired) electrons. The summed E-state index contributed by atoms with van der Waals surface area (Å²) in [6.45, 7) is 1.86. The second-order valence-electron chi connectivity index (χ2n) is 2.58. The van der Waals surface area contributed by atoms with Crippen LogP contribution in [0.2, 0.25) is 5.02 Å². The molecule has 62 valence electrons. The quantitative estimate of drug-likeness (QED) is 0.680. The average molecular weight is 184 g/mol. The first-order valence-electron chi connectivity index (χ1n) is 3.46. The monoisotopic (exact) mass is 183 g/mol. The summed E-state index contributed by atoms with van der Waals surface area (Å²) in [6.07, 6.45) is 0. The Balaban J connectivity index is 3.03. The van der Waals surface area contributed by atoms with Gasteiger partial charge in [-0.2, -0.15) is 0 Å². The van der Waals surface area contributed by atoms with E-state index in [-0.39, 0.29) is 0 Å². The lowest BCUT2D eigenvalue weighted by atomic mass is 10.2. The molecule has 0 aliphatic heterocycles. The van der Waals surface area contributed by atoms with Crippen molar-refractivity contribution in [2.45, 2.75) is 6.92 Å². The molecule has 0 aliphatic carbocycles. The van der Waals surface area contributed by atoms with Crippen LogP contribution in [0.25, 0.3) is 11.1 Å². The zero-order chi connectivity index (χ0) is 8.72. The van der Waals surface area contributed by atoms with Gasteiger partial charge in [-0.1, -0.05) is 17.7 Å². The topological polar surface area (TPSA) is 46.0 Å². The number of nitrogens with one attached hydrogen (secondary N) is 1. The molecular formula is C8H6ClNO2. The highest BCUT2D eigenvalue weighted by Crippen LogP contribution is 2.22. The van der Waals surface area contributed by atoms with Gasteiger partial charge in [0.15, 0.2) is 5.58 Å². The summed E-state index contributed by atoms with van der Waals surface area (Å²) in [6, 6.07) is 3.53. The van der Waals surface area contributed by atoms with Gasteiger partial charge in [-0.15, -0.1) is 0 Å². The largest absolute Gasteiger partial charge is 0.417 e. The van der Waals surface area contributed by atoms with Crippen molar-refractivity contribution in [3.63, 3.8) is 0 Å². The fourth-order valence-corrected chi connectivity index (χ4v) is 1.33. The van der Waals surface area contributed by atoms with E-state index in [1.807, 2.05) is 6.92 Å². The molecule has 4 heteroatoms. The summed E-state index contributed by atoms with van der Waals surface area (Å²) in [5, 5.41) is 0.501. The van der Waals surface area contributed by atoms with E-state index in [1.54, 1.807) is 12.1 Å². The van der Waals surface area contributed by atoms with Crippen LogP contribution in [0.5, 0.6) is 0 Å². The van der Waals surface area contributed by atoms with Crippen molar-refractivity contribution in [2.24, 2.45) is 0 Å². The Morgan fingerprint density at radius 2 is 2.25 bits per heavy atom. The number of benzene rings is 1. The molecule has 12 heavy (non-hydrogen) atoms. The third-order valence-corrected chi connectivity index (χ3v) is 2.04. The zero-order valence-electron chi connectivity index (χ0n) is 6.35. The highest BCUT2D eigenvalue weighted by molar-refractivity contribution is 6.34. The number of hydrogen-bond acceptors (Lipinski definition) is 2. The summed E-state index contributed by atoms with van der Waals surface area (Å²) >= 11 is 5.81. The number of H-pyrrole nitrogens is 1. The Bertz CT molecular complexity index is 441. The predicted octanol–water partition coefficient (Wildman–Crippen LogP) is 2.08. The molecule has 2 aromatic rings. The fraction of sp³-hybridized carbons (Fsp3) is 0.125. The van der Waals surface area contributed by atoms with Gasteiger partial charge in [-0.25, -0.2) is 4.79 Å². The lowest BCUT2D eigenvalue weighted by molar-refractivity contribution is 0.553. The van der Waals surface area contributed by atoms with Gasteiger partial charge in [0.25, 0.3) is 0 Å². The van der Waals surface area contributed by atoms with E-state index in [4.69, 9.17) is 16.0 Å². The van der Waals surface area contributed by atoms with Crippen molar-refractivity contribution in [1.82, 2.24) is 4.98 Å². The second kappa shape index (κ2) is 2.38. The van der Waals surface area contributed by atoms with E-state index in [0.717, 1.165) is 5.56 Å². The molecule has 0 saturated carbocycles. The lowest BCUT2D eigenvalue weighted by Gasteiger charge is -1.93. The first-order chi connectivity index (χ1) is 5.68. The SMILES string of the molecule is Cc1ccc(Cl)c2[nH]c(=O)oc12. The molecule has 0 saturated heterocycles. The Morgan fingerprint density at radius 1 is 1.50 bits per heavy atom. The van der Waals surface area contributed by atoms with Crippen LogP contribution in [0.3, 0.4) is 0 Å². The number of oxazole rings is 1. The first kappa shape index (κ1) is 7.43. The molecule has 1 aromatic carbocycles. The second-order valence-corrected chi connectivity index (χ2v) is 2.99. The minimum atomic E-state index is -0.471. The van der Waals surface area contributed by atoms with Gasteiger partial charge in [0, 0.05) is 0 Å².